The number of nitrogens with one attached hydrogen (secondary N) is 1. The number of hydrogen-bond donors (Lipinski definition) is 1. The molecule has 4 rings (SSSR count). The molecule has 1 saturated carbocycles. The summed E-state index contributed by atoms with van der Waals surface area (Å²) in [5.41, 5.74) is 0.211. The monoisotopic (exact) mass is 549 g/mol. The summed E-state index contributed by atoms with van der Waals surface area (Å²) in [6.07, 6.45) is 4.02. The van der Waals surface area contributed by atoms with Crippen molar-refractivity contribution in [2.75, 3.05) is 26.1 Å². The van der Waals surface area contributed by atoms with Crippen LogP contribution in [0.2, 0.25) is 5.02 Å². The quantitative estimate of drug-likeness (QED) is 0.389. The fourth-order valence-corrected chi connectivity index (χ4v) is 5.21. The van der Waals surface area contributed by atoms with Crippen LogP contribution in [-0.2, 0) is 14.8 Å². The number of nitriles is 1. The van der Waals surface area contributed by atoms with Gasteiger partial charge in [-0.3, -0.25) is 9.29 Å². The van der Waals surface area contributed by atoms with E-state index in [2.05, 4.69) is 40.9 Å². The fraction of sp³-hybridized carbons (Fsp3) is 0.476. The van der Waals surface area contributed by atoms with Gasteiger partial charge < -0.3 is 14.2 Å². The molecule has 16 heteroatoms. The summed E-state index contributed by atoms with van der Waals surface area (Å²) in [7, 11) is 0.0171. The van der Waals surface area contributed by atoms with Crippen molar-refractivity contribution in [2.24, 2.45) is 5.92 Å². The number of hydrogen-bond acceptors (Lipinski definition) is 12. The number of nitrogens with zero attached hydrogens (tertiary/aromatic N) is 8. The van der Waals surface area contributed by atoms with Crippen LogP contribution in [0.5, 0.6) is 11.8 Å². The zero-order valence-corrected chi connectivity index (χ0v) is 21.9. The van der Waals surface area contributed by atoms with Gasteiger partial charge in [-0.2, -0.15) is 15.2 Å². The van der Waals surface area contributed by atoms with E-state index in [4.69, 9.17) is 25.8 Å². The first-order valence-corrected chi connectivity index (χ1v) is 13.0. The first-order chi connectivity index (χ1) is 17.7. The van der Waals surface area contributed by atoms with Crippen LogP contribution in [0.4, 0.5) is 5.95 Å². The number of halogens is 1. The second-order valence-corrected chi connectivity index (χ2v) is 10.7. The zero-order chi connectivity index (χ0) is 26.7. The Morgan fingerprint density at radius 3 is 2.27 bits per heavy atom. The summed E-state index contributed by atoms with van der Waals surface area (Å²) in [6, 6.07) is 2.23. The highest BCUT2D eigenvalue weighted by Gasteiger charge is 2.39. The van der Waals surface area contributed by atoms with Gasteiger partial charge in [-0.15, -0.1) is 10.2 Å². The third-order valence-electron chi connectivity index (χ3n) is 6.04. The lowest BCUT2D eigenvalue weighted by Gasteiger charge is -2.30. The molecule has 196 valence electrons. The van der Waals surface area contributed by atoms with Crippen LogP contribution in [0.25, 0.3) is 5.69 Å². The number of aromatic nitrogens is 7. The van der Waals surface area contributed by atoms with E-state index in [0.717, 1.165) is 0 Å². The summed E-state index contributed by atoms with van der Waals surface area (Å²) < 4.78 is 47.2. The number of anilines is 1. The van der Waals surface area contributed by atoms with Gasteiger partial charge in [0.15, 0.2) is 11.5 Å². The molecule has 0 saturated heterocycles. The summed E-state index contributed by atoms with van der Waals surface area (Å²) in [5.74, 6) is 0.352. The summed E-state index contributed by atoms with van der Waals surface area (Å²) in [5, 5.41) is 16.7. The average Bonchev–Trinajstić information content (AvgIpc) is 3.25. The van der Waals surface area contributed by atoms with Crippen molar-refractivity contribution in [3.05, 3.63) is 35.4 Å². The van der Waals surface area contributed by atoms with Gasteiger partial charge in [0, 0.05) is 31.3 Å². The van der Waals surface area contributed by atoms with E-state index < -0.39 is 21.4 Å². The Hall–Kier alpha value is -3.61. The highest BCUT2D eigenvalue weighted by molar-refractivity contribution is 7.93. The first kappa shape index (κ1) is 26.5. The van der Waals surface area contributed by atoms with Gasteiger partial charge in [-0.05, 0) is 19.8 Å². The first-order valence-electron chi connectivity index (χ1n) is 11.0. The largest absolute Gasteiger partial charge is 0.479 e. The normalized spacial score (nSPS) is 18.8. The molecule has 37 heavy (non-hydrogen) atoms. The summed E-state index contributed by atoms with van der Waals surface area (Å²) >= 11 is 5.86. The van der Waals surface area contributed by atoms with Crippen LogP contribution in [0.3, 0.4) is 0 Å². The van der Waals surface area contributed by atoms with Gasteiger partial charge >= 0.3 is 0 Å². The second kappa shape index (κ2) is 10.8. The molecule has 0 unspecified atom stereocenters. The summed E-state index contributed by atoms with van der Waals surface area (Å²) in [6.45, 7) is 1.45. The average molecular weight is 550 g/mol. The standard InChI is InChI=1S/C21H24ClN9O5S/c1-11(16(34-2)17-24-8-14(22)9-25-17)37(32,33)30-21-29-28-18(13-5-12(6-13)7-23)31(21)15-19(35-3)26-10-27-20(15)36-4/h8-13,16H,5-6H2,1-4H3,(H,29,30)/t11-,12?,13?,16-/m0/s1. The van der Waals surface area contributed by atoms with E-state index in [1.54, 1.807) is 0 Å². The Labute approximate surface area is 218 Å². The minimum atomic E-state index is -4.16. The van der Waals surface area contributed by atoms with E-state index >= 15 is 0 Å². The molecule has 1 fully saturated rings. The van der Waals surface area contributed by atoms with E-state index in [9.17, 15) is 13.7 Å². The molecule has 0 aromatic carbocycles. The Morgan fingerprint density at radius 2 is 1.73 bits per heavy atom. The molecule has 3 heterocycles. The van der Waals surface area contributed by atoms with Crippen LogP contribution < -0.4 is 14.2 Å². The summed E-state index contributed by atoms with van der Waals surface area (Å²) in [4.78, 5) is 16.4. The van der Waals surface area contributed by atoms with Crippen molar-refractivity contribution >= 4 is 27.6 Å². The Morgan fingerprint density at radius 1 is 1.11 bits per heavy atom. The van der Waals surface area contributed by atoms with Crippen LogP contribution in [0.15, 0.2) is 18.7 Å². The van der Waals surface area contributed by atoms with Crippen molar-refractivity contribution in [1.82, 2.24) is 34.7 Å². The lowest BCUT2D eigenvalue weighted by molar-refractivity contribution is 0.0950. The Kier molecular flexibility index (Phi) is 7.71. The van der Waals surface area contributed by atoms with E-state index in [1.807, 2.05) is 0 Å². The molecule has 1 N–H and O–H groups in total. The molecule has 0 bridgehead atoms. The molecule has 0 amide bonds. The maximum atomic E-state index is 13.5. The highest BCUT2D eigenvalue weighted by Crippen LogP contribution is 2.43. The maximum absolute atomic E-state index is 13.5. The van der Waals surface area contributed by atoms with Crippen molar-refractivity contribution in [3.63, 3.8) is 0 Å². The number of ether oxygens (including phenoxy) is 3. The van der Waals surface area contributed by atoms with Crippen LogP contribution in [0.1, 0.15) is 43.4 Å². The lowest BCUT2D eigenvalue weighted by atomic mass is 9.75. The minimum absolute atomic E-state index is 0.113. The van der Waals surface area contributed by atoms with E-state index in [0.29, 0.717) is 23.7 Å². The SMILES string of the molecule is COc1ncnc(OC)c1-n1c(NS(=O)(=O)[C@@H](C)[C@H](OC)c2ncc(Cl)cn2)nnc1C1CC(C#N)C1. The highest BCUT2D eigenvalue weighted by atomic mass is 35.5. The van der Waals surface area contributed by atoms with Gasteiger partial charge in [0.25, 0.3) is 0 Å². The maximum Gasteiger partial charge on any atom is 0.245 e. The zero-order valence-electron chi connectivity index (χ0n) is 20.4. The molecule has 2 atom stereocenters. The van der Waals surface area contributed by atoms with Crippen molar-refractivity contribution in [2.45, 2.75) is 37.0 Å². The van der Waals surface area contributed by atoms with E-state index in [-0.39, 0.29) is 41.1 Å². The predicted octanol–water partition coefficient (Wildman–Crippen LogP) is 2.05. The molecular formula is C21H24ClN9O5S. The minimum Gasteiger partial charge on any atom is -0.479 e. The van der Waals surface area contributed by atoms with Crippen molar-refractivity contribution in [3.8, 4) is 23.5 Å². The van der Waals surface area contributed by atoms with Crippen molar-refractivity contribution in [1.29, 1.82) is 5.26 Å². The molecule has 0 radical (unpaired) electrons. The van der Waals surface area contributed by atoms with Gasteiger partial charge in [0.05, 0.1) is 25.3 Å². The topological polar surface area (TPSA) is 180 Å². The molecule has 3 aromatic rings. The molecule has 1 aliphatic rings. The lowest BCUT2D eigenvalue weighted by Crippen LogP contribution is -2.33. The predicted molar refractivity (Wildman–Crippen MR) is 130 cm³/mol. The van der Waals surface area contributed by atoms with E-state index in [1.165, 1.54) is 51.5 Å². The van der Waals surface area contributed by atoms with Gasteiger partial charge in [-0.25, -0.2) is 18.4 Å². The third-order valence-corrected chi connectivity index (χ3v) is 7.93. The van der Waals surface area contributed by atoms with Gasteiger partial charge in [0.2, 0.25) is 27.7 Å². The fourth-order valence-electron chi connectivity index (χ4n) is 3.98. The smallest absolute Gasteiger partial charge is 0.245 e. The number of rotatable bonds is 10. The van der Waals surface area contributed by atoms with Gasteiger partial charge in [0.1, 0.15) is 23.5 Å². The number of methoxy groups -OCH3 is 3. The second-order valence-electron chi connectivity index (χ2n) is 8.22. The molecular weight excluding hydrogens is 526 g/mol. The molecule has 3 aromatic heterocycles. The van der Waals surface area contributed by atoms with Crippen molar-refractivity contribution < 1.29 is 22.6 Å². The molecule has 0 spiro atoms. The molecule has 1 aliphatic carbocycles. The third kappa shape index (κ3) is 5.13. The Balaban J connectivity index is 1.76. The van der Waals surface area contributed by atoms with Crippen LogP contribution in [0, 0.1) is 17.2 Å². The molecule has 14 nitrogen and oxygen atoms in total. The number of sulfonamides is 1. The molecule has 0 aliphatic heterocycles. The van der Waals surface area contributed by atoms with Gasteiger partial charge in [-0.1, -0.05) is 11.6 Å². The van der Waals surface area contributed by atoms with Crippen LogP contribution in [-0.4, -0.2) is 69.7 Å². The Bertz CT molecular complexity index is 1380. The van der Waals surface area contributed by atoms with Crippen LogP contribution >= 0.6 is 11.6 Å².